The fraction of sp³-hybridized carbons (Fsp3) is 0.588. The van der Waals surface area contributed by atoms with Gasteiger partial charge in [-0.2, -0.15) is 4.31 Å². The molecule has 1 aliphatic heterocycles. The molecule has 0 bridgehead atoms. The molecule has 1 heterocycles. The minimum absolute atomic E-state index is 0. The van der Waals surface area contributed by atoms with Crippen molar-refractivity contribution in [3.8, 4) is 0 Å². The van der Waals surface area contributed by atoms with Gasteiger partial charge in [-0.3, -0.25) is 10.1 Å². The fourth-order valence-corrected chi connectivity index (χ4v) is 4.24. The molecule has 0 spiro atoms. The van der Waals surface area contributed by atoms with E-state index in [0.29, 0.717) is 13.0 Å². The molecular weight excluding hydrogens is 374 g/mol. The zero-order valence-corrected chi connectivity index (χ0v) is 16.0. The predicted octanol–water partition coefficient (Wildman–Crippen LogP) is 2.86. The number of hydrogen-bond acceptors (Lipinski definition) is 6. The van der Waals surface area contributed by atoms with Gasteiger partial charge in [-0.05, 0) is 33.3 Å². The molecule has 1 atom stereocenters. The second-order valence-corrected chi connectivity index (χ2v) is 9.08. The van der Waals surface area contributed by atoms with E-state index in [2.05, 4.69) is 0 Å². The number of para-hydroxylation sites is 1. The van der Waals surface area contributed by atoms with Gasteiger partial charge in [0.25, 0.3) is 5.69 Å². The van der Waals surface area contributed by atoms with Gasteiger partial charge in [0.15, 0.2) is 4.90 Å². The summed E-state index contributed by atoms with van der Waals surface area (Å²) in [5, 5.41) is 11.1. The number of hydrogen-bond donors (Lipinski definition) is 0. The summed E-state index contributed by atoms with van der Waals surface area (Å²) in [5.74, 6) is 0. The quantitative estimate of drug-likeness (QED) is 0.567. The maximum Gasteiger partial charge on any atom is 0.410 e. The number of likely N-dealkylation sites (tertiary alicyclic amines) is 1. The van der Waals surface area contributed by atoms with Gasteiger partial charge in [-0.15, -0.1) is 0 Å². The molecule has 1 aromatic rings. The summed E-state index contributed by atoms with van der Waals surface area (Å²) >= 11 is 0. The van der Waals surface area contributed by atoms with Crippen molar-refractivity contribution >= 4 is 21.8 Å². The van der Waals surface area contributed by atoms with E-state index < -0.39 is 38.4 Å². The van der Waals surface area contributed by atoms with Gasteiger partial charge in [0.05, 0.1) is 4.92 Å². The van der Waals surface area contributed by atoms with E-state index in [0.717, 1.165) is 10.4 Å². The highest BCUT2D eigenvalue weighted by Gasteiger charge is 2.38. The Morgan fingerprint density at radius 2 is 1.93 bits per heavy atom. The van der Waals surface area contributed by atoms with E-state index in [1.54, 1.807) is 20.8 Å². The lowest BCUT2D eigenvalue weighted by Crippen LogP contribution is -2.41. The maximum absolute atomic E-state index is 12.8. The average molecular weight is 401 g/mol. The summed E-state index contributed by atoms with van der Waals surface area (Å²) in [6.45, 7) is 5.79. The van der Waals surface area contributed by atoms with E-state index in [9.17, 15) is 23.3 Å². The first-order valence-electron chi connectivity index (χ1n) is 8.13. The van der Waals surface area contributed by atoms with Crippen molar-refractivity contribution in [3.63, 3.8) is 0 Å². The summed E-state index contributed by atoms with van der Waals surface area (Å²) < 4.78 is 32.1. The van der Waals surface area contributed by atoms with Crippen LogP contribution in [0.3, 0.4) is 0 Å². The Kier molecular flexibility index (Phi) is 6.95. The summed E-state index contributed by atoms with van der Waals surface area (Å²) in [6, 6.07) is 4.74. The van der Waals surface area contributed by atoms with Crippen LogP contribution in [0, 0.1) is 10.1 Å². The number of nitrogens with zero attached hydrogens (tertiary/aromatic N) is 3. The number of carbonyl (C=O) groups excluding carboxylic acids is 1. The van der Waals surface area contributed by atoms with Crippen LogP contribution in [0.15, 0.2) is 29.2 Å². The smallest absolute Gasteiger partial charge is 0.410 e. The van der Waals surface area contributed by atoms with Crippen LogP contribution in [-0.2, 0) is 14.8 Å². The Bertz CT molecular complexity index is 803. The lowest BCUT2D eigenvalue weighted by atomic mass is 10.2. The van der Waals surface area contributed by atoms with Crippen LogP contribution in [-0.4, -0.2) is 60.4 Å². The zero-order chi connectivity index (χ0) is 19.7. The van der Waals surface area contributed by atoms with Crippen molar-refractivity contribution in [1.29, 1.82) is 0 Å². The van der Waals surface area contributed by atoms with Gasteiger partial charge in [-0.1, -0.05) is 19.6 Å². The fourth-order valence-electron chi connectivity index (χ4n) is 2.71. The van der Waals surface area contributed by atoms with Gasteiger partial charge in [0, 0.05) is 32.2 Å². The third-order valence-electron chi connectivity index (χ3n) is 4.05. The highest BCUT2D eigenvalue weighted by Crippen LogP contribution is 2.29. The molecule has 9 nitrogen and oxygen atoms in total. The molecule has 0 aliphatic carbocycles. The van der Waals surface area contributed by atoms with Crippen LogP contribution in [0.25, 0.3) is 0 Å². The second kappa shape index (κ2) is 8.22. The molecule has 1 fully saturated rings. The van der Waals surface area contributed by atoms with Crippen molar-refractivity contribution in [1.82, 2.24) is 9.21 Å². The first-order chi connectivity index (χ1) is 11.9. The Labute approximate surface area is 160 Å². The second-order valence-electron chi connectivity index (χ2n) is 7.11. The molecule has 27 heavy (non-hydrogen) atoms. The van der Waals surface area contributed by atoms with E-state index in [4.69, 9.17) is 4.74 Å². The molecule has 0 aromatic heterocycles. The SMILES string of the molecule is C.CN([C@H]1CCN(C(=O)OC(C)(C)C)C1)S(=O)(=O)c1ccccc1[N+](=O)[O-]. The van der Waals surface area contributed by atoms with Gasteiger partial charge in [0.2, 0.25) is 10.0 Å². The van der Waals surface area contributed by atoms with Crippen LogP contribution >= 0.6 is 0 Å². The van der Waals surface area contributed by atoms with Crippen LogP contribution in [0.5, 0.6) is 0 Å². The Morgan fingerprint density at radius 3 is 2.48 bits per heavy atom. The van der Waals surface area contributed by atoms with E-state index in [1.807, 2.05) is 0 Å². The standard InChI is InChI=1S/C16H23N3O6S.CH4/c1-16(2,3)25-15(20)18-10-9-12(11-18)17(4)26(23,24)14-8-6-5-7-13(14)19(21)22;/h5-8,12H,9-11H2,1-4H3;1H4/t12-;/m0./s1. The van der Waals surface area contributed by atoms with Crippen molar-refractivity contribution in [2.75, 3.05) is 20.1 Å². The highest BCUT2D eigenvalue weighted by atomic mass is 32.2. The molecule has 1 saturated heterocycles. The minimum atomic E-state index is -4.07. The van der Waals surface area contributed by atoms with Gasteiger partial charge >= 0.3 is 6.09 Å². The van der Waals surface area contributed by atoms with E-state index in [-0.39, 0.29) is 18.9 Å². The number of carbonyl (C=O) groups is 1. The normalized spacial score (nSPS) is 17.5. The number of likely N-dealkylation sites (N-methyl/N-ethyl adjacent to an activating group) is 1. The first-order valence-corrected chi connectivity index (χ1v) is 9.57. The number of ether oxygens (including phenoxy) is 1. The molecular formula is C17H27N3O6S. The van der Waals surface area contributed by atoms with Crippen LogP contribution in [0.4, 0.5) is 10.5 Å². The van der Waals surface area contributed by atoms with E-state index in [1.165, 1.54) is 30.1 Å². The summed E-state index contributed by atoms with van der Waals surface area (Å²) in [5.41, 5.74) is -1.11. The topological polar surface area (TPSA) is 110 Å². The summed E-state index contributed by atoms with van der Waals surface area (Å²) in [7, 11) is -2.70. The molecule has 0 radical (unpaired) electrons. The Hall–Kier alpha value is -2.20. The van der Waals surface area contributed by atoms with Crippen molar-refractivity contribution < 1.29 is 22.9 Å². The molecule has 10 heteroatoms. The van der Waals surface area contributed by atoms with Crippen molar-refractivity contribution in [3.05, 3.63) is 34.4 Å². The summed E-state index contributed by atoms with van der Waals surface area (Å²) in [6.07, 6.45) is -0.0771. The third kappa shape index (κ3) is 5.16. The molecule has 152 valence electrons. The predicted molar refractivity (Wildman–Crippen MR) is 101 cm³/mol. The molecule has 1 amide bonds. The average Bonchev–Trinajstić information content (AvgIpc) is 3.02. The molecule has 1 aromatic carbocycles. The van der Waals surface area contributed by atoms with E-state index >= 15 is 0 Å². The van der Waals surface area contributed by atoms with Gasteiger partial charge in [-0.25, -0.2) is 13.2 Å². The number of sulfonamides is 1. The van der Waals surface area contributed by atoms with Crippen molar-refractivity contribution in [2.24, 2.45) is 0 Å². The number of amides is 1. The Morgan fingerprint density at radius 1 is 1.33 bits per heavy atom. The number of benzene rings is 1. The van der Waals surface area contributed by atoms with Crippen molar-refractivity contribution in [2.45, 2.75) is 51.2 Å². The third-order valence-corrected chi connectivity index (χ3v) is 6.01. The number of rotatable bonds is 4. The molecule has 0 saturated carbocycles. The zero-order valence-electron chi connectivity index (χ0n) is 15.2. The van der Waals surface area contributed by atoms with Gasteiger partial charge < -0.3 is 9.64 Å². The van der Waals surface area contributed by atoms with Crippen LogP contribution < -0.4 is 0 Å². The molecule has 0 unspecified atom stereocenters. The Balaban J connectivity index is 0.00000364. The maximum atomic E-state index is 12.8. The molecule has 0 N–H and O–H groups in total. The minimum Gasteiger partial charge on any atom is -0.444 e. The summed E-state index contributed by atoms with van der Waals surface area (Å²) in [4.78, 5) is 23.6. The molecule has 1 aliphatic rings. The highest BCUT2D eigenvalue weighted by molar-refractivity contribution is 7.89. The van der Waals surface area contributed by atoms with Crippen LogP contribution in [0.2, 0.25) is 0 Å². The number of nitro groups is 1. The van der Waals surface area contributed by atoms with Crippen LogP contribution in [0.1, 0.15) is 34.6 Å². The lowest BCUT2D eigenvalue weighted by molar-refractivity contribution is -0.387. The first kappa shape index (κ1) is 22.8. The van der Waals surface area contributed by atoms with Gasteiger partial charge in [0.1, 0.15) is 5.60 Å². The number of nitro benzene ring substituents is 1. The lowest BCUT2D eigenvalue weighted by Gasteiger charge is -2.26. The monoisotopic (exact) mass is 401 g/mol. The largest absolute Gasteiger partial charge is 0.444 e. The molecule has 2 rings (SSSR count).